The van der Waals surface area contributed by atoms with E-state index in [1.54, 1.807) is 7.11 Å². The van der Waals surface area contributed by atoms with E-state index in [1.807, 2.05) is 19.1 Å². The maximum Gasteiger partial charge on any atom is 0.173 e. The van der Waals surface area contributed by atoms with Gasteiger partial charge in [-0.25, -0.2) is 4.98 Å². The maximum absolute atomic E-state index is 8.99. The quantitative estimate of drug-likeness (QED) is 0.346. The second-order valence-electron chi connectivity index (χ2n) is 5.57. The first-order valence-electron chi connectivity index (χ1n) is 7.29. The van der Waals surface area contributed by atoms with Gasteiger partial charge in [0.15, 0.2) is 5.84 Å². The molecule has 1 aromatic heterocycles. The number of nitrogens with two attached hydrogens (primary N) is 1. The van der Waals surface area contributed by atoms with Crippen LogP contribution in [0.25, 0.3) is 0 Å². The van der Waals surface area contributed by atoms with Crippen LogP contribution in [0.4, 0.5) is 5.82 Å². The topological polar surface area (TPSA) is 84.0 Å². The number of anilines is 1. The zero-order valence-corrected chi connectivity index (χ0v) is 12.9. The fourth-order valence-corrected chi connectivity index (χ4v) is 2.54. The minimum atomic E-state index is 0.0860. The number of pyridine rings is 1. The van der Waals surface area contributed by atoms with E-state index in [1.165, 1.54) is 12.8 Å². The Morgan fingerprint density at radius 1 is 1.57 bits per heavy atom. The van der Waals surface area contributed by atoms with Crippen molar-refractivity contribution in [2.24, 2.45) is 16.8 Å². The predicted octanol–water partition coefficient (Wildman–Crippen LogP) is 1.74. The molecular weight excluding hydrogens is 268 g/mol. The summed E-state index contributed by atoms with van der Waals surface area (Å²) in [4.78, 5) is 6.83. The molecule has 21 heavy (non-hydrogen) atoms. The van der Waals surface area contributed by atoms with Crippen LogP contribution in [0.5, 0.6) is 0 Å². The smallest absolute Gasteiger partial charge is 0.173 e. The van der Waals surface area contributed by atoms with Crippen molar-refractivity contribution >= 4 is 11.7 Å². The van der Waals surface area contributed by atoms with Gasteiger partial charge >= 0.3 is 0 Å². The molecule has 6 nitrogen and oxygen atoms in total. The summed E-state index contributed by atoms with van der Waals surface area (Å²) in [6, 6.07) is 4.08. The molecule has 0 amide bonds. The van der Waals surface area contributed by atoms with Crippen LogP contribution in [-0.2, 0) is 4.74 Å². The minimum absolute atomic E-state index is 0.0860. The summed E-state index contributed by atoms with van der Waals surface area (Å²) in [6.07, 6.45) is 2.49. The molecule has 1 saturated carbocycles. The Hall–Kier alpha value is -1.82. The van der Waals surface area contributed by atoms with E-state index < -0.39 is 0 Å². The number of aromatic nitrogens is 1. The number of oxime groups is 1. The van der Waals surface area contributed by atoms with E-state index in [9.17, 15) is 0 Å². The first kappa shape index (κ1) is 15.6. The SMILES string of the molecule is COCCN(c1nc(C)ccc1C(N)=NO)C(C)C1CC1. The van der Waals surface area contributed by atoms with Gasteiger partial charge in [0.2, 0.25) is 0 Å². The van der Waals surface area contributed by atoms with Gasteiger partial charge in [0.1, 0.15) is 5.82 Å². The van der Waals surface area contributed by atoms with Crippen LogP contribution in [0.3, 0.4) is 0 Å². The van der Waals surface area contributed by atoms with Crippen LogP contribution in [0.1, 0.15) is 31.0 Å². The maximum atomic E-state index is 8.99. The molecule has 116 valence electrons. The lowest BCUT2D eigenvalue weighted by atomic mass is 10.1. The molecule has 0 saturated heterocycles. The van der Waals surface area contributed by atoms with Crippen molar-refractivity contribution in [2.75, 3.05) is 25.2 Å². The highest BCUT2D eigenvalue weighted by Crippen LogP contribution is 2.37. The van der Waals surface area contributed by atoms with E-state index in [-0.39, 0.29) is 5.84 Å². The number of methoxy groups -OCH3 is 1. The predicted molar refractivity (Wildman–Crippen MR) is 82.9 cm³/mol. The van der Waals surface area contributed by atoms with Gasteiger partial charge in [0.05, 0.1) is 12.2 Å². The third-order valence-electron chi connectivity index (χ3n) is 4.00. The molecule has 1 unspecified atom stereocenters. The molecule has 1 aliphatic carbocycles. The fourth-order valence-electron chi connectivity index (χ4n) is 2.54. The zero-order valence-electron chi connectivity index (χ0n) is 12.9. The molecule has 1 atom stereocenters. The summed E-state index contributed by atoms with van der Waals surface area (Å²) < 4.78 is 5.22. The molecule has 0 radical (unpaired) electrons. The highest BCUT2D eigenvalue weighted by molar-refractivity contribution is 6.01. The molecule has 3 N–H and O–H groups in total. The Morgan fingerprint density at radius 2 is 2.29 bits per heavy atom. The molecule has 2 rings (SSSR count). The van der Waals surface area contributed by atoms with E-state index >= 15 is 0 Å². The van der Waals surface area contributed by atoms with Crippen molar-refractivity contribution in [1.82, 2.24) is 4.98 Å². The van der Waals surface area contributed by atoms with Gasteiger partial charge in [-0.3, -0.25) is 0 Å². The third kappa shape index (κ3) is 3.64. The Balaban J connectivity index is 2.39. The third-order valence-corrected chi connectivity index (χ3v) is 4.00. The van der Waals surface area contributed by atoms with E-state index in [2.05, 4.69) is 22.0 Å². The first-order chi connectivity index (χ1) is 10.1. The highest BCUT2D eigenvalue weighted by atomic mass is 16.5. The molecule has 0 spiro atoms. The molecule has 1 heterocycles. The molecule has 0 bridgehead atoms. The lowest BCUT2D eigenvalue weighted by molar-refractivity contribution is 0.202. The standard InChI is InChI=1S/C15H24N4O2/c1-10-4-7-13(14(16)18-20)15(17-10)19(8-9-21-3)11(2)12-5-6-12/h4,7,11-12,20H,5-6,8-9H2,1-3H3,(H2,16,18). The van der Waals surface area contributed by atoms with Crippen LogP contribution in [0.2, 0.25) is 0 Å². The number of hydrogen-bond donors (Lipinski definition) is 2. The van der Waals surface area contributed by atoms with Crippen LogP contribution in [0, 0.1) is 12.8 Å². The van der Waals surface area contributed by atoms with Gasteiger partial charge in [-0.1, -0.05) is 5.16 Å². The molecular formula is C15H24N4O2. The number of ether oxygens (including phenoxy) is 1. The summed E-state index contributed by atoms with van der Waals surface area (Å²) >= 11 is 0. The molecule has 6 heteroatoms. The summed E-state index contributed by atoms with van der Waals surface area (Å²) in [7, 11) is 1.69. The van der Waals surface area contributed by atoms with Crippen molar-refractivity contribution in [1.29, 1.82) is 0 Å². The van der Waals surface area contributed by atoms with Gasteiger partial charge in [0, 0.05) is 25.4 Å². The number of aryl methyl sites for hydroxylation is 1. The summed E-state index contributed by atoms with van der Waals surface area (Å²) in [5.41, 5.74) is 7.37. The Kier molecular flexibility index (Phi) is 5.01. The van der Waals surface area contributed by atoms with Crippen molar-refractivity contribution in [3.05, 3.63) is 23.4 Å². The summed E-state index contributed by atoms with van der Waals surface area (Å²) in [6.45, 7) is 5.49. The van der Waals surface area contributed by atoms with Crippen molar-refractivity contribution in [3.63, 3.8) is 0 Å². The summed E-state index contributed by atoms with van der Waals surface area (Å²) in [5.74, 6) is 1.54. The molecule has 1 aromatic rings. The van der Waals surface area contributed by atoms with Crippen LogP contribution < -0.4 is 10.6 Å². The monoisotopic (exact) mass is 292 g/mol. The van der Waals surface area contributed by atoms with E-state index in [0.29, 0.717) is 24.1 Å². The second-order valence-corrected chi connectivity index (χ2v) is 5.57. The molecule has 0 aromatic carbocycles. The van der Waals surface area contributed by atoms with Crippen molar-refractivity contribution < 1.29 is 9.94 Å². The Morgan fingerprint density at radius 3 is 2.86 bits per heavy atom. The Labute approximate surface area is 125 Å². The average molecular weight is 292 g/mol. The number of hydrogen-bond acceptors (Lipinski definition) is 5. The van der Waals surface area contributed by atoms with E-state index in [4.69, 9.17) is 15.7 Å². The lowest BCUT2D eigenvalue weighted by Gasteiger charge is -2.32. The number of amidine groups is 1. The van der Waals surface area contributed by atoms with Gasteiger partial charge < -0.3 is 20.6 Å². The van der Waals surface area contributed by atoms with Gasteiger partial charge in [-0.2, -0.15) is 0 Å². The molecule has 1 fully saturated rings. The van der Waals surface area contributed by atoms with Crippen LogP contribution in [0.15, 0.2) is 17.3 Å². The van der Waals surface area contributed by atoms with Crippen molar-refractivity contribution in [2.45, 2.75) is 32.7 Å². The van der Waals surface area contributed by atoms with E-state index in [0.717, 1.165) is 18.1 Å². The van der Waals surface area contributed by atoms with Gasteiger partial charge in [-0.15, -0.1) is 0 Å². The van der Waals surface area contributed by atoms with Crippen molar-refractivity contribution in [3.8, 4) is 0 Å². The fraction of sp³-hybridized carbons (Fsp3) is 0.600. The lowest BCUT2D eigenvalue weighted by Crippen LogP contribution is -2.39. The minimum Gasteiger partial charge on any atom is -0.409 e. The van der Waals surface area contributed by atoms with Gasteiger partial charge in [-0.05, 0) is 44.7 Å². The normalized spacial score (nSPS) is 16.8. The average Bonchev–Trinajstić information content (AvgIpc) is 3.31. The molecule has 0 aliphatic heterocycles. The zero-order chi connectivity index (χ0) is 15.4. The van der Waals surface area contributed by atoms with Gasteiger partial charge in [0.25, 0.3) is 0 Å². The van der Waals surface area contributed by atoms with Crippen LogP contribution >= 0.6 is 0 Å². The van der Waals surface area contributed by atoms with Crippen LogP contribution in [-0.4, -0.2) is 42.3 Å². The second kappa shape index (κ2) is 6.76. The first-order valence-corrected chi connectivity index (χ1v) is 7.29. The Bertz CT molecular complexity index is 514. The number of nitrogens with zero attached hydrogens (tertiary/aromatic N) is 3. The highest BCUT2D eigenvalue weighted by Gasteiger charge is 2.33. The number of rotatable bonds is 7. The largest absolute Gasteiger partial charge is 0.409 e. The molecule has 1 aliphatic rings. The summed E-state index contributed by atoms with van der Waals surface area (Å²) in [5, 5.41) is 12.1.